The summed E-state index contributed by atoms with van der Waals surface area (Å²) < 4.78 is 31.2. The Morgan fingerprint density at radius 1 is 1.00 bits per heavy atom. The Bertz CT molecular complexity index is 932. The summed E-state index contributed by atoms with van der Waals surface area (Å²) in [4.78, 5) is 12.9. The SMILES string of the molecule is C[C@]12CC[C@H]3[C@@H](CC[C@H]4C[C@](O)(C#CC5CC5)CC[C@@H]43)[C@@H]1CC[C@@H]2C(=O)CSS(=O)(=O)O. The lowest BCUT2D eigenvalue weighted by molar-refractivity contribution is -0.129. The fourth-order valence-electron chi connectivity index (χ4n) is 8.22. The number of ketones is 1. The first kappa shape index (κ1) is 23.2. The number of rotatable bonds is 4. The van der Waals surface area contributed by atoms with E-state index in [4.69, 9.17) is 4.55 Å². The Balaban J connectivity index is 1.26. The maximum atomic E-state index is 12.9. The van der Waals surface area contributed by atoms with Crippen molar-refractivity contribution in [1.29, 1.82) is 0 Å². The summed E-state index contributed by atoms with van der Waals surface area (Å²) in [5.74, 6) is 9.94. The van der Waals surface area contributed by atoms with Crippen LogP contribution in [0.15, 0.2) is 0 Å². The van der Waals surface area contributed by atoms with Gasteiger partial charge in [-0.25, -0.2) is 0 Å². The molecule has 5 aliphatic rings. The summed E-state index contributed by atoms with van der Waals surface area (Å²) in [5.41, 5.74) is -0.828. The minimum absolute atomic E-state index is 0.0123. The molecule has 0 aliphatic heterocycles. The van der Waals surface area contributed by atoms with E-state index in [1.807, 2.05) is 0 Å². The van der Waals surface area contributed by atoms with Gasteiger partial charge in [0.1, 0.15) is 11.4 Å². The Morgan fingerprint density at radius 2 is 1.75 bits per heavy atom. The van der Waals surface area contributed by atoms with Crippen molar-refractivity contribution in [3.8, 4) is 11.8 Å². The van der Waals surface area contributed by atoms with Gasteiger partial charge >= 0.3 is 9.15 Å². The van der Waals surface area contributed by atoms with Gasteiger partial charge in [0.05, 0.1) is 5.75 Å². The summed E-state index contributed by atoms with van der Waals surface area (Å²) in [6, 6.07) is 0. The molecule has 0 heterocycles. The van der Waals surface area contributed by atoms with Gasteiger partial charge in [-0.2, -0.15) is 8.42 Å². The lowest BCUT2D eigenvalue weighted by atomic mass is 9.49. The molecule has 7 heteroatoms. The van der Waals surface area contributed by atoms with E-state index < -0.39 is 14.8 Å². The quantitative estimate of drug-likeness (QED) is 0.350. The van der Waals surface area contributed by atoms with Crippen LogP contribution in [0.3, 0.4) is 0 Å². The monoisotopic (exact) mass is 480 g/mol. The van der Waals surface area contributed by atoms with E-state index in [9.17, 15) is 18.3 Å². The lowest BCUT2D eigenvalue weighted by Crippen LogP contribution is -2.51. The average Bonchev–Trinajstić information content (AvgIpc) is 3.49. The molecule has 5 fully saturated rings. The molecule has 0 radical (unpaired) electrons. The third kappa shape index (κ3) is 4.42. The largest absolute Gasteiger partial charge is 0.378 e. The van der Waals surface area contributed by atoms with E-state index in [1.165, 1.54) is 19.3 Å². The smallest absolute Gasteiger partial charge is 0.320 e. The predicted octanol–water partition coefficient (Wildman–Crippen LogP) is 4.50. The van der Waals surface area contributed by atoms with Gasteiger partial charge in [-0.05, 0) is 106 Å². The zero-order chi connectivity index (χ0) is 22.7. The summed E-state index contributed by atoms with van der Waals surface area (Å²) in [5, 5.41) is 11.1. The summed E-state index contributed by atoms with van der Waals surface area (Å²) in [6.45, 7) is 2.26. The third-order valence-corrected chi connectivity index (χ3v) is 11.8. The molecule has 2 N–H and O–H groups in total. The zero-order valence-corrected chi connectivity index (χ0v) is 20.6. The van der Waals surface area contributed by atoms with Gasteiger partial charge in [0.25, 0.3) is 0 Å². The fraction of sp³-hybridized carbons (Fsp3) is 0.880. The van der Waals surface area contributed by atoms with Crippen molar-refractivity contribution in [1.82, 2.24) is 0 Å². The van der Waals surface area contributed by atoms with Crippen molar-refractivity contribution in [3.05, 3.63) is 0 Å². The maximum absolute atomic E-state index is 12.9. The molecule has 178 valence electrons. The average molecular weight is 481 g/mol. The third-order valence-electron chi connectivity index (χ3n) is 9.84. The van der Waals surface area contributed by atoms with Crippen molar-refractivity contribution in [3.63, 3.8) is 0 Å². The van der Waals surface area contributed by atoms with Crippen LogP contribution in [0, 0.1) is 58.7 Å². The van der Waals surface area contributed by atoms with Crippen molar-refractivity contribution in [2.75, 3.05) is 5.75 Å². The summed E-state index contributed by atoms with van der Waals surface area (Å²) in [6.07, 6.45) is 11.5. The molecular formula is C25H36O5S2. The number of fused-ring (bicyclic) bond motifs is 5. The molecule has 5 nitrogen and oxygen atoms in total. The first-order valence-electron chi connectivity index (χ1n) is 12.5. The molecular weight excluding hydrogens is 444 g/mol. The second-order valence-corrected chi connectivity index (χ2v) is 14.9. The van der Waals surface area contributed by atoms with Gasteiger partial charge in [0.15, 0.2) is 0 Å². The molecule has 0 aromatic heterocycles. The zero-order valence-electron chi connectivity index (χ0n) is 19.0. The Hall–Kier alpha value is -0.550. The Kier molecular flexibility index (Phi) is 6.01. The summed E-state index contributed by atoms with van der Waals surface area (Å²) in [7, 11) is -3.82. The highest BCUT2D eigenvalue weighted by molar-refractivity contribution is 8.70. The molecule has 5 rings (SSSR count). The van der Waals surface area contributed by atoms with E-state index in [0.29, 0.717) is 46.3 Å². The van der Waals surface area contributed by atoms with E-state index >= 15 is 0 Å². The van der Waals surface area contributed by atoms with Crippen LogP contribution < -0.4 is 0 Å². The fourth-order valence-corrected chi connectivity index (χ4v) is 9.48. The number of hydrogen-bond acceptors (Lipinski definition) is 5. The van der Waals surface area contributed by atoms with Crippen molar-refractivity contribution >= 4 is 25.7 Å². The van der Waals surface area contributed by atoms with Crippen LogP contribution in [-0.2, 0) is 13.9 Å². The van der Waals surface area contributed by atoms with Crippen molar-refractivity contribution < 1.29 is 22.9 Å². The molecule has 5 saturated carbocycles. The van der Waals surface area contributed by atoms with Crippen LogP contribution in [-0.4, -0.2) is 35.2 Å². The van der Waals surface area contributed by atoms with Crippen LogP contribution in [0.4, 0.5) is 0 Å². The molecule has 32 heavy (non-hydrogen) atoms. The minimum Gasteiger partial charge on any atom is -0.378 e. The van der Waals surface area contributed by atoms with Crippen LogP contribution in [0.1, 0.15) is 77.6 Å². The topological polar surface area (TPSA) is 91.7 Å². The van der Waals surface area contributed by atoms with Gasteiger partial charge in [0.2, 0.25) is 0 Å². The molecule has 0 amide bonds. The first-order valence-corrected chi connectivity index (χ1v) is 15.4. The van der Waals surface area contributed by atoms with E-state index in [1.54, 1.807) is 0 Å². The number of carbonyl (C=O) groups excluding carboxylic acids is 1. The molecule has 5 aliphatic carbocycles. The standard InChI is InChI=1S/C25H36O5S2/c1-24-11-9-19-18-10-13-25(27,12-8-16-2-3-16)14-17(18)4-5-20(19)21(24)6-7-22(24)23(26)15-31-32(28,29)30/h16-22,27H,2-7,9-11,13-15H2,1H3,(H,28,29,30)/t17-,18-,19+,20+,21-,22+,24-,25-/m0/s1. The predicted molar refractivity (Wildman–Crippen MR) is 125 cm³/mol. The molecule has 0 aromatic carbocycles. The molecule has 8 atom stereocenters. The minimum atomic E-state index is -4.18. The molecule has 0 spiro atoms. The van der Waals surface area contributed by atoms with Gasteiger partial charge in [-0.1, -0.05) is 18.8 Å². The highest BCUT2D eigenvalue weighted by Gasteiger charge is 2.58. The second-order valence-electron chi connectivity index (χ2n) is 11.6. The molecule has 0 saturated heterocycles. The lowest BCUT2D eigenvalue weighted by Gasteiger charge is -2.56. The van der Waals surface area contributed by atoms with Gasteiger partial charge < -0.3 is 5.11 Å². The van der Waals surface area contributed by atoms with Crippen LogP contribution >= 0.6 is 10.8 Å². The molecule has 0 unspecified atom stereocenters. The number of carbonyl (C=O) groups is 1. The van der Waals surface area contributed by atoms with Gasteiger partial charge in [-0.3, -0.25) is 9.35 Å². The summed E-state index contributed by atoms with van der Waals surface area (Å²) >= 11 is 0. The Morgan fingerprint density at radius 3 is 2.47 bits per heavy atom. The number of Topliss-reactive ketones (excluding diaryl/α,β-unsaturated/α-hetero) is 1. The van der Waals surface area contributed by atoms with Crippen molar-refractivity contribution in [2.45, 2.75) is 83.2 Å². The Labute approximate surface area is 196 Å². The van der Waals surface area contributed by atoms with E-state index in [0.717, 1.165) is 51.4 Å². The number of hydrogen-bond donors (Lipinski definition) is 2. The second kappa shape index (κ2) is 8.29. The van der Waals surface area contributed by atoms with Crippen LogP contribution in [0.2, 0.25) is 0 Å². The van der Waals surface area contributed by atoms with E-state index in [2.05, 4.69) is 18.8 Å². The first-order chi connectivity index (χ1) is 15.1. The highest BCUT2D eigenvalue weighted by Crippen LogP contribution is 2.64. The molecule has 0 bridgehead atoms. The number of aliphatic hydroxyl groups is 1. The van der Waals surface area contributed by atoms with Crippen molar-refractivity contribution in [2.24, 2.45) is 46.8 Å². The van der Waals surface area contributed by atoms with Gasteiger partial charge in [0, 0.05) is 22.6 Å². The maximum Gasteiger partial charge on any atom is 0.320 e. The highest BCUT2D eigenvalue weighted by atomic mass is 33.1. The normalized spacial score (nSPS) is 45.7. The van der Waals surface area contributed by atoms with Gasteiger partial charge in [-0.15, -0.1) is 0 Å². The van der Waals surface area contributed by atoms with Crippen LogP contribution in [0.5, 0.6) is 0 Å². The molecule has 0 aromatic rings. The van der Waals surface area contributed by atoms with E-state index in [-0.39, 0.29) is 22.9 Å². The van der Waals surface area contributed by atoms with Crippen LogP contribution in [0.25, 0.3) is 0 Å².